The number of anilines is 2. The third-order valence-electron chi connectivity index (χ3n) is 4.30. The van der Waals surface area contributed by atoms with Gasteiger partial charge in [-0.05, 0) is 50.6 Å². The lowest BCUT2D eigenvalue weighted by atomic mass is 10.1. The second kappa shape index (κ2) is 6.48. The number of hydrogen-bond acceptors (Lipinski definition) is 1. The summed E-state index contributed by atoms with van der Waals surface area (Å²) in [5.41, 5.74) is 8.57. The van der Waals surface area contributed by atoms with Gasteiger partial charge in [0.1, 0.15) is 11.4 Å². The number of aromatic nitrogens is 1. The Labute approximate surface area is 145 Å². The Balaban J connectivity index is 2.22. The molecular formula is C22H25N2+. The third kappa shape index (κ3) is 3.18. The van der Waals surface area contributed by atoms with Crippen molar-refractivity contribution in [1.82, 2.24) is 0 Å². The molecule has 0 aliphatic heterocycles. The standard InChI is InChI=1S/C22H25N2/c1-16-6-10-21(11-7-16)24(22-12-8-17(2)9-13-22)23-19(4)14-18(3)15-20(23)5/h6-15H,1-5H3/q+1. The summed E-state index contributed by atoms with van der Waals surface area (Å²) in [6.07, 6.45) is 0. The van der Waals surface area contributed by atoms with Gasteiger partial charge in [-0.2, -0.15) is 0 Å². The van der Waals surface area contributed by atoms with E-state index in [1.165, 1.54) is 28.1 Å². The maximum atomic E-state index is 2.28. The highest BCUT2D eigenvalue weighted by molar-refractivity contribution is 5.60. The molecule has 0 radical (unpaired) electrons. The van der Waals surface area contributed by atoms with Crippen molar-refractivity contribution >= 4 is 11.4 Å². The van der Waals surface area contributed by atoms with Crippen molar-refractivity contribution in [3.63, 3.8) is 0 Å². The number of rotatable bonds is 3. The molecule has 3 aromatic rings. The van der Waals surface area contributed by atoms with Gasteiger partial charge >= 0.3 is 0 Å². The van der Waals surface area contributed by atoms with Gasteiger partial charge < -0.3 is 0 Å². The Morgan fingerprint density at radius 1 is 0.542 bits per heavy atom. The predicted molar refractivity (Wildman–Crippen MR) is 101 cm³/mol. The minimum Gasteiger partial charge on any atom is -0.116 e. The molecule has 0 saturated carbocycles. The van der Waals surface area contributed by atoms with Crippen LogP contribution in [0.2, 0.25) is 0 Å². The van der Waals surface area contributed by atoms with E-state index in [1.807, 2.05) is 0 Å². The zero-order chi connectivity index (χ0) is 17.3. The lowest BCUT2D eigenvalue weighted by molar-refractivity contribution is -0.687. The molecule has 3 rings (SSSR count). The molecule has 0 spiro atoms. The van der Waals surface area contributed by atoms with Crippen LogP contribution in [0.3, 0.4) is 0 Å². The molecule has 122 valence electrons. The number of aryl methyl sites for hydroxylation is 5. The molecule has 2 nitrogen and oxygen atoms in total. The lowest BCUT2D eigenvalue weighted by Gasteiger charge is -2.21. The summed E-state index contributed by atoms with van der Waals surface area (Å²) >= 11 is 0. The average Bonchev–Trinajstić information content (AvgIpc) is 2.53. The highest BCUT2D eigenvalue weighted by atomic mass is 15.6. The van der Waals surface area contributed by atoms with E-state index in [0.29, 0.717) is 0 Å². The molecule has 0 atom stereocenters. The summed E-state index contributed by atoms with van der Waals surface area (Å²) in [6.45, 7) is 10.7. The Morgan fingerprint density at radius 2 is 0.917 bits per heavy atom. The quantitative estimate of drug-likeness (QED) is 0.608. The van der Waals surface area contributed by atoms with Crippen molar-refractivity contribution in [2.45, 2.75) is 34.6 Å². The summed E-state index contributed by atoms with van der Waals surface area (Å²) in [4.78, 5) is 0. The fourth-order valence-electron chi connectivity index (χ4n) is 3.17. The van der Waals surface area contributed by atoms with Gasteiger partial charge in [0, 0.05) is 26.0 Å². The van der Waals surface area contributed by atoms with E-state index in [4.69, 9.17) is 0 Å². The van der Waals surface area contributed by atoms with Crippen LogP contribution in [-0.2, 0) is 0 Å². The molecular weight excluding hydrogens is 292 g/mol. The van der Waals surface area contributed by atoms with Crippen molar-refractivity contribution < 1.29 is 4.68 Å². The first-order valence-corrected chi connectivity index (χ1v) is 8.39. The van der Waals surface area contributed by atoms with Crippen LogP contribution < -0.4 is 9.69 Å². The lowest BCUT2D eigenvalue weighted by Crippen LogP contribution is -2.55. The molecule has 0 aliphatic carbocycles. The Kier molecular flexibility index (Phi) is 4.39. The smallest absolute Gasteiger partial charge is 0.116 e. The van der Waals surface area contributed by atoms with E-state index in [2.05, 4.69) is 105 Å². The first-order valence-electron chi connectivity index (χ1n) is 8.39. The first-order chi connectivity index (χ1) is 11.5. The minimum atomic E-state index is 1.16. The summed E-state index contributed by atoms with van der Waals surface area (Å²) < 4.78 is 2.28. The van der Waals surface area contributed by atoms with Crippen LogP contribution in [-0.4, -0.2) is 0 Å². The van der Waals surface area contributed by atoms with Gasteiger partial charge in [0.2, 0.25) is 11.4 Å². The van der Waals surface area contributed by atoms with Crippen LogP contribution in [0.1, 0.15) is 28.1 Å². The van der Waals surface area contributed by atoms with Crippen LogP contribution >= 0.6 is 0 Å². The molecule has 0 aliphatic rings. The topological polar surface area (TPSA) is 7.12 Å². The number of hydrogen-bond donors (Lipinski definition) is 0. The van der Waals surface area contributed by atoms with Crippen LogP contribution in [0.4, 0.5) is 11.4 Å². The largest absolute Gasteiger partial charge is 0.210 e. The van der Waals surface area contributed by atoms with E-state index in [1.54, 1.807) is 0 Å². The van der Waals surface area contributed by atoms with Gasteiger partial charge in [-0.3, -0.25) is 0 Å². The molecule has 0 bridgehead atoms. The second-order valence-corrected chi connectivity index (χ2v) is 6.61. The van der Waals surface area contributed by atoms with Crippen molar-refractivity contribution in [1.29, 1.82) is 0 Å². The van der Waals surface area contributed by atoms with Gasteiger partial charge in [0.05, 0.1) is 0 Å². The number of pyridine rings is 1. The molecule has 0 fully saturated rings. The zero-order valence-corrected chi connectivity index (χ0v) is 15.2. The molecule has 0 saturated heterocycles. The van der Waals surface area contributed by atoms with E-state index >= 15 is 0 Å². The van der Waals surface area contributed by atoms with E-state index in [9.17, 15) is 0 Å². The molecule has 0 amide bonds. The van der Waals surface area contributed by atoms with Crippen LogP contribution in [0.5, 0.6) is 0 Å². The number of nitrogens with zero attached hydrogens (tertiary/aromatic N) is 2. The maximum Gasteiger partial charge on any atom is 0.210 e. The molecule has 2 heteroatoms. The Bertz CT molecular complexity index is 778. The summed E-state index contributed by atoms with van der Waals surface area (Å²) in [7, 11) is 0. The second-order valence-electron chi connectivity index (χ2n) is 6.61. The van der Waals surface area contributed by atoms with Crippen LogP contribution in [0.25, 0.3) is 0 Å². The molecule has 2 aromatic carbocycles. The van der Waals surface area contributed by atoms with Crippen molar-refractivity contribution in [2.75, 3.05) is 5.01 Å². The van der Waals surface area contributed by atoms with E-state index < -0.39 is 0 Å². The highest BCUT2D eigenvalue weighted by Crippen LogP contribution is 2.25. The van der Waals surface area contributed by atoms with Gasteiger partial charge in [0.15, 0.2) is 0 Å². The zero-order valence-electron chi connectivity index (χ0n) is 15.2. The number of benzene rings is 2. The SMILES string of the molecule is Cc1ccc(N(c2ccc(C)cc2)[n+]2c(C)cc(C)cc2C)cc1. The highest BCUT2D eigenvalue weighted by Gasteiger charge is 2.24. The van der Waals surface area contributed by atoms with Gasteiger partial charge in [-0.1, -0.05) is 40.1 Å². The van der Waals surface area contributed by atoms with E-state index in [0.717, 1.165) is 11.4 Å². The van der Waals surface area contributed by atoms with Crippen molar-refractivity contribution in [2.24, 2.45) is 0 Å². The summed E-state index contributed by atoms with van der Waals surface area (Å²) in [5.74, 6) is 0. The molecule has 0 unspecified atom stereocenters. The molecule has 1 aromatic heterocycles. The minimum absolute atomic E-state index is 1.16. The van der Waals surface area contributed by atoms with Gasteiger partial charge in [0.25, 0.3) is 0 Å². The van der Waals surface area contributed by atoms with Crippen LogP contribution in [0.15, 0.2) is 60.7 Å². The van der Waals surface area contributed by atoms with E-state index in [-0.39, 0.29) is 0 Å². The van der Waals surface area contributed by atoms with Crippen molar-refractivity contribution in [3.05, 3.63) is 88.7 Å². The normalized spacial score (nSPS) is 10.7. The Hall–Kier alpha value is -2.61. The molecule has 0 N–H and O–H groups in total. The van der Waals surface area contributed by atoms with Gasteiger partial charge in [-0.25, -0.2) is 0 Å². The first kappa shape index (κ1) is 16.3. The predicted octanol–water partition coefficient (Wildman–Crippen LogP) is 5.12. The molecule has 24 heavy (non-hydrogen) atoms. The monoisotopic (exact) mass is 317 g/mol. The summed E-state index contributed by atoms with van der Waals surface area (Å²) in [6, 6.07) is 21.8. The third-order valence-corrected chi connectivity index (χ3v) is 4.30. The maximum absolute atomic E-state index is 2.28. The molecule has 1 heterocycles. The Morgan fingerprint density at radius 3 is 1.29 bits per heavy atom. The van der Waals surface area contributed by atoms with Crippen molar-refractivity contribution in [3.8, 4) is 0 Å². The fraction of sp³-hybridized carbons (Fsp3) is 0.227. The van der Waals surface area contributed by atoms with Gasteiger partial charge in [-0.15, -0.1) is 5.01 Å². The summed E-state index contributed by atoms with van der Waals surface area (Å²) in [5, 5.41) is 2.28. The fourth-order valence-corrected chi connectivity index (χ4v) is 3.17. The average molecular weight is 317 g/mol. The van der Waals surface area contributed by atoms with Crippen LogP contribution in [0, 0.1) is 34.6 Å².